The molecule has 0 aromatic heterocycles. The summed E-state index contributed by atoms with van der Waals surface area (Å²) < 4.78 is 10.4. The van der Waals surface area contributed by atoms with E-state index in [1.54, 1.807) is 56.7 Å². The molecule has 4 amide bonds. The van der Waals surface area contributed by atoms with Crippen LogP contribution in [0.2, 0.25) is 0 Å². The van der Waals surface area contributed by atoms with Crippen molar-refractivity contribution in [2.45, 2.75) is 25.8 Å². The maximum Gasteiger partial charge on any atom is 0.332 e. The number of hydrogen-bond donors (Lipinski definition) is 1. The Bertz CT molecular complexity index is 1240. The number of urea groups is 1. The van der Waals surface area contributed by atoms with Crippen LogP contribution < -0.4 is 19.7 Å². The van der Waals surface area contributed by atoms with Crippen LogP contribution in [0.3, 0.4) is 0 Å². The number of methoxy groups -OCH3 is 2. The highest BCUT2D eigenvalue weighted by Gasteiger charge is 2.46. The molecule has 3 aromatic rings. The fourth-order valence-corrected chi connectivity index (χ4v) is 4.20. The Balaban J connectivity index is 1.54. The van der Waals surface area contributed by atoms with E-state index < -0.39 is 18.0 Å². The number of amides is 4. The highest BCUT2D eigenvalue weighted by Crippen LogP contribution is 2.28. The molecule has 1 aliphatic heterocycles. The van der Waals surface area contributed by atoms with Gasteiger partial charge in [-0.05, 0) is 73.0 Å². The molecule has 0 saturated carbocycles. The van der Waals surface area contributed by atoms with Crippen molar-refractivity contribution < 1.29 is 23.9 Å². The normalized spacial score (nSPS) is 15.2. The number of imide groups is 1. The van der Waals surface area contributed by atoms with E-state index in [0.717, 1.165) is 16.9 Å². The van der Waals surface area contributed by atoms with Crippen molar-refractivity contribution in [3.63, 3.8) is 0 Å². The Hall–Kier alpha value is -4.33. The van der Waals surface area contributed by atoms with E-state index in [1.807, 2.05) is 37.3 Å². The number of carbonyl (C=O) groups is 3. The van der Waals surface area contributed by atoms with Gasteiger partial charge in [-0.25, -0.2) is 9.69 Å². The Morgan fingerprint density at radius 1 is 0.917 bits per heavy atom. The topological polar surface area (TPSA) is 88.2 Å². The van der Waals surface area contributed by atoms with E-state index in [1.165, 1.54) is 9.80 Å². The summed E-state index contributed by atoms with van der Waals surface area (Å²) in [6.45, 7) is 2.19. The van der Waals surface area contributed by atoms with Gasteiger partial charge in [0.25, 0.3) is 5.91 Å². The monoisotopic (exact) mass is 487 g/mol. The van der Waals surface area contributed by atoms with E-state index in [9.17, 15) is 14.4 Å². The minimum atomic E-state index is -0.908. The van der Waals surface area contributed by atoms with E-state index in [2.05, 4.69) is 5.32 Å². The number of carbonyl (C=O) groups excluding carboxylic acids is 3. The first kappa shape index (κ1) is 24.8. The molecule has 0 unspecified atom stereocenters. The first-order valence-electron chi connectivity index (χ1n) is 11.7. The number of benzene rings is 3. The van der Waals surface area contributed by atoms with Crippen LogP contribution in [0, 0.1) is 6.92 Å². The summed E-state index contributed by atoms with van der Waals surface area (Å²) in [5.41, 5.74) is 3.00. The van der Waals surface area contributed by atoms with Crippen LogP contribution in [0.4, 0.5) is 16.2 Å². The van der Waals surface area contributed by atoms with Crippen LogP contribution >= 0.6 is 0 Å². The fraction of sp³-hybridized carbons (Fsp3) is 0.250. The van der Waals surface area contributed by atoms with Gasteiger partial charge in [0.15, 0.2) is 0 Å². The predicted molar refractivity (Wildman–Crippen MR) is 137 cm³/mol. The lowest BCUT2D eigenvalue weighted by atomic mass is 10.1. The van der Waals surface area contributed by atoms with Crippen molar-refractivity contribution in [1.29, 1.82) is 0 Å². The molecule has 0 spiro atoms. The Kier molecular flexibility index (Phi) is 7.53. The zero-order chi connectivity index (χ0) is 25.7. The van der Waals surface area contributed by atoms with Crippen molar-refractivity contribution in [1.82, 2.24) is 4.90 Å². The highest BCUT2D eigenvalue weighted by atomic mass is 16.5. The summed E-state index contributed by atoms with van der Waals surface area (Å²) in [5.74, 6) is 0.644. The maximum absolute atomic E-state index is 13.5. The van der Waals surface area contributed by atoms with Gasteiger partial charge in [-0.1, -0.05) is 24.3 Å². The van der Waals surface area contributed by atoms with Gasteiger partial charge in [0, 0.05) is 12.2 Å². The summed E-state index contributed by atoms with van der Waals surface area (Å²) >= 11 is 0. The molecule has 8 nitrogen and oxygen atoms in total. The molecule has 4 rings (SSSR count). The molecule has 1 aliphatic rings. The average Bonchev–Trinajstić information content (AvgIpc) is 3.11. The number of hydrogen-bond acceptors (Lipinski definition) is 5. The number of aryl methyl sites for hydroxylation is 1. The average molecular weight is 488 g/mol. The molecule has 0 aliphatic carbocycles. The van der Waals surface area contributed by atoms with Gasteiger partial charge in [0.05, 0.1) is 26.3 Å². The van der Waals surface area contributed by atoms with Crippen molar-refractivity contribution in [3.8, 4) is 11.5 Å². The molecule has 3 aromatic carbocycles. The van der Waals surface area contributed by atoms with Gasteiger partial charge in [-0.2, -0.15) is 0 Å². The number of anilines is 2. The van der Waals surface area contributed by atoms with Gasteiger partial charge >= 0.3 is 6.03 Å². The molecule has 186 valence electrons. The summed E-state index contributed by atoms with van der Waals surface area (Å²) in [4.78, 5) is 42.4. The van der Waals surface area contributed by atoms with Crippen molar-refractivity contribution in [3.05, 3.63) is 83.9 Å². The second-order valence-corrected chi connectivity index (χ2v) is 8.58. The quantitative estimate of drug-likeness (QED) is 0.452. The number of rotatable bonds is 9. The van der Waals surface area contributed by atoms with E-state index in [0.29, 0.717) is 30.1 Å². The van der Waals surface area contributed by atoms with Crippen LogP contribution in [-0.2, 0) is 16.0 Å². The minimum Gasteiger partial charge on any atom is -0.497 e. The SMILES string of the molecule is COc1ccc(CCN2C(=O)N(c3cccc(C)c3)C(=O)[C@@H]2CC(=O)Nc2ccc(OC)cc2)cc1. The number of nitrogens with zero attached hydrogens (tertiary/aromatic N) is 2. The molecular formula is C28H29N3O5. The molecule has 1 heterocycles. The van der Waals surface area contributed by atoms with Gasteiger partial charge in [-0.15, -0.1) is 0 Å². The third-order valence-corrected chi connectivity index (χ3v) is 6.13. The molecule has 36 heavy (non-hydrogen) atoms. The summed E-state index contributed by atoms with van der Waals surface area (Å²) in [7, 11) is 3.17. The Labute approximate surface area is 210 Å². The van der Waals surface area contributed by atoms with Gasteiger partial charge in [0.1, 0.15) is 17.5 Å². The summed E-state index contributed by atoms with van der Waals surface area (Å²) in [6.07, 6.45) is 0.378. The lowest BCUT2D eigenvalue weighted by molar-refractivity contribution is -0.124. The van der Waals surface area contributed by atoms with Crippen molar-refractivity contribution >= 4 is 29.2 Å². The smallest absolute Gasteiger partial charge is 0.332 e. The van der Waals surface area contributed by atoms with Gasteiger partial charge < -0.3 is 19.7 Å². The Morgan fingerprint density at radius 3 is 2.17 bits per heavy atom. The first-order valence-corrected chi connectivity index (χ1v) is 11.7. The minimum absolute atomic E-state index is 0.151. The van der Waals surface area contributed by atoms with Crippen LogP contribution in [0.5, 0.6) is 11.5 Å². The van der Waals surface area contributed by atoms with Crippen molar-refractivity contribution in [2.75, 3.05) is 31.0 Å². The van der Waals surface area contributed by atoms with Gasteiger partial charge in [-0.3, -0.25) is 9.59 Å². The van der Waals surface area contributed by atoms with Crippen LogP contribution in [-0.4, -0.2) is 49.6 Å². The van der Waals surface area contributed by atoms with E-state index in [4.69, 9.17) is 9.47 Å². The standard InChI is InChI=1S/C28H29N3O5/c1-19-5-4-6-22(17-19)31-27(33)25(18-26(32)29-21-9-13-24(36-3)14-10-21)30(28(31)34)16-15-20-7-11-23(35-2)12-8-20/h4-14,17,25H,15-16,18H2,1-3H3,(H,29,32)/t25-/m0/s1. The molecule has 0 radical (unpaired) electrons. The molecular weight excluding hydrogens is 458 g/mol. The second kappa shape index (κ2) is 10.9. The zero-order valence-corrected chi connectivity index (χ0v) is 20.6. The maximum atomic E-state index is 13.5. The van der Waals surface area contributed by atoms with Crippen LogP contribution in [0.25, 0.3) is 0 Å². The second-order valence-electron chi connectivity index (χ2n) is 8.58. The van der Waals surface area contributed by atoms with E-state index in [-0.39, 0.29) is 12.3 Å². The first-order chi connectivity index (χ1) is 17.4. The molecule has 1 saturated heterocycles. The predicted octanol–water partition coefficient (Wildman–Crippen LogP) is 4.42. The lowest BCUT2D eigenvalue weighted by Gasteiger charge is -2.21. The van der Waals surface area contributed by atoms with Crippen LogP contribution in [0.15, 0.2) is 72.8 Å². The fourth-order valence-electron chi connectivity index (χ4n) is 4.20. The molecule has 8 heteroatoms. The zero-order valence-electron chi connectivity index (χ0n) is 20.6. The third kappa shape index (κ3) is 5.49. The molecule has 1 fully saturated rings. The summed E-state index contributed by atoms with van der Waals surface area (Å²) in [5, 5.41) is 2.81. The molecule has 1 atom stereocenters. The van der Waals surface area contributed by atoms with Gasteiger partial charge in [0.2, 0.25) is 5.91 Å². The third-order valence-electron chi connectivity index (χ3n) is 6.13. The highest BCUT2D eigenvalue weighted by molar-refractivity contribution is 6.22. The molecule has 0 bridgehead atoms. The van der Waals surface area contributed by atoms with Crippen LogP contribution in [0.1, 0.15) is 17.5 Å². The van der Waals surface area contributed by atoms with Crippen molar-refractivity contribution in [2.24, 2.45) is 0 Å². The summed E-state index contributed by atoms with van der Waals surface area (Å²) in [6, 6.07) is 20.3. The lowest BCUT2D eigenvalue weighted by Crippen LogP contribution is -2.39. The molecule has 1 N–H and O–H groups in total. The largest absolute Gasteiger partial charge is 0.497 e. The number of nitrogens with one attached hydrogen (secondary N) is 1. The number of ether oxygens (including phenoxy) is 2. The Morgan fingerprint density at radius 2 is 1.56 bits per heavy atom. The van der Waals surface area contributed by atoms with E-state index >= 15 is 0 Å².